The summed E-state index contributed by atoms with van der Waals surface area (Å²) in [6.07, 6.45) is 2.71. The van der Waals surface area contributed by atoms with Crippen LogP contribution < -0.4 is 15.0 Å². The maximum absolute atomic E-state index is 13.2. The molecule has 0 bridgehead atoms. The highest BCUT2D eigenvalue weighted by atomic mass is 32.2. The van der Waals surface area contributed by atoms with Gasteiger partial charge in [-0.15, -0.1) is 0 Å². The van der Waals surface area contributed by atoms with Crippen molar-refractivity contribution in [3.05, 3.63) is 64.9 Å². The van der Waals surface area contributed by atoms with Gasteiger partial charge in [0.1, 0.15) is 11.4 Å². The number of anilines is 1. The van der Waals surface area contributed by atoms with Gasteiger partial charge < -0.3 is 10.1 Å². The van der Waals surface area contributed by atoms with Crippen LogP contribution in [-0.2, 0) is 17.8 Å². The van der Waals surface area contributed by atoms with E-state index in [0.29, 0.717) is 10.8 Å². The summed E-state index contributed by atoms with van der Waals surface area (Å²) in [4.78, 5) is 17.2. The molecule has 31 heavy (non-hydrogen) atoms. The highest BCUT2D eigenvalue weighted by Crippen LogP contribution is 2.28. The van der Waals surface area contributed by atoms with Gasteiger partial charge >= 0.3 is 0 Å². The number of amides is 1. The van der Waals surface area contributed by atoms with Crippen LogP contribution in [0.2, 0.25) is 0 Å². The molecule has 1 amide bonds. The Kier molecular flexibility index (Phi) is 6.95. The molecule has 0 saturated carbocycles. The van der Waals surface area contributed by atoms with E-state index >= 15 is 0 Å². The van der Waals surface area contributed by atoms with Gasteiger partial charge in [0.05, 0.1) is 12.8 Å². The van der Waals surface area contributed by atoms with Crippen LogP contribution in [0.5, 0.6) is 5.75 Å². The first-order valence-electron chi connectivity index (χ1n) is 10.5. The van der Waals surface area contributed by atoms with Gasteiger partial charge in [0.15, 0.2) is 5.11 Å². The van der Waals surface area contributed by atoms with Crippen molar-refractivity contribution in [3.63, 3.8) is 0 Å². The maximum atomic E-state index is 13.2. The summed E-state index contributed by atoms with van der Waals surface area (Å²) in [5.41, 5.74) is 4.50. The molecule has 2 saturated heterocycles. The number of carbonyl (C=O) groups is 1. The minimum absolute atomic E-state index is 0.128. The molecule has 2 heterocycles. The summed E-state index contributed by atoms with van der Waals surface area (Å²) < 4.78 is 5.59. The van der Waals surface area contributed by atoms with E-state index in [9.17, 15) is 4.79 Å². The molecule has 7 heteroatoms. The zero-order chi connectivity index (χ0) is 21.8. The minimum atomic E-state index is -0.128. The maximum Gasteiger partial charge on any atom is 0.281 e. The average Bonchev–Trinajstić information content (AvgIpc) is 3.07. The molecule has 2 aliphatic rings. The van der Waals surface area contributed by atoms with Gasteiger partial charge in [0.2, 0.25) is 0 Å². The lowest BCUT2D eigenvalue weighted by atomic mass is 10.1. The number of aryl methyl sites for hydroxylation is 1. The van der Waals surface area contributed by atoms with Crippen LogP contribution in [0, 0.1) is 0 Å². The molecule has 0 aliphatic carbocycles. The van der Waals surface area contributed by atoms with E-state index in [2.05, 4.69) is 23.2 Å². The van der Waals surface area contributed by atoms with Gasteiger partial charge in [-0.3, -0.25) is 14.6 Å². The standard InChI is InChI=1S/C24H27N3O2S2/c1-3-18-6-4-5-7-21(18)27-23(28)20(25-24(27)30)15-17-8-9-22(29-2)19(14-17)16-26-10-12-31-13-11-26/h4-9,14-15H,3,10-13,16H2,1-2H3,(H,25,30)/b20-15+. The highest BCUT2D eigenvalue weighted by Gasteiger charge is 2.33. The number of nitrogens with one attached hydrogen (secondary N) is 1. The lowest BCUT2D eigenvalue weighted by molar-refractivity contribution is -0.113. The largest absolute Gasteiger partial charge is 0.496 e. The van der Waals surface area contributed by atoms with Crippen LogP contribution in [0.4, 0.5) is 5.69 Å². The molecule has 0 atom stereocenters. The molecular weight excluding hydrogens is 426 g/mol. The van der Waals surface area contributed by atoms with Crippen LogP contribution in [0.3, 0.4) is 0 Å². The van der Waals surface area contributed by atoms with E-state index in [4.69, 9.17) is 17.0 Å². The summed E-state index contributed by atoms with van der Waals surface area (Å²) >= 11 is 7.50. The minimum Gasteiger partial charge on any atom is -0.496 e. The Morgan fingerprint density at radius 3 is 2.68 bits per heavy atom. The Morgan fingerprint density at radius 2 is 1.94 bits per heavy atom. The molecule has 1 N–H and O–H groups in total. The number of hydrogen-bond acceptors (Lipinski definition) is 5. The van der Waals surface area contributed by atoms with Gasteiger partial charge in [-0.25, -0.2) is 0 Å². The van der Waals surface area contributed by atoms with Crippen molar-refractivity contribution >= 4 is 46.8 Å². The summed E-state index contributed by atoms with van der Waals surface area (Å²) in [6, 6.07) is 13.9. The van der Waals surface area contributed by atoms with Crippen molar-refractivity contribution in [2.24, 2.45) is 0 Å². The Bertz CT molecular complexity index is 1020. The van der Waals surface area contributed by atoms with Crippen molar-refractivity contribution in [2.45, 2.75) is 19.9 Å². The van der Waals surface area contributed by atoms with Crippen molar-refractivity contribution in [2.75, 3.05) is 36.6 Å². The Hall–Kier alpha value is -2.35. The third kappa shape index (κ3) is 4.79. The zero-order valence-electron chi connectivity index (χ0n) is 17.9. The van der Waals surface area contributed by atoms with Crippen LogP contribution in [0.25, 0.3) is 6.08 Å². The number of rotatable bonds is 6. The van der Waals surface area contributed by atoms with E-state index in [1.54, 1.807) is 12.0 Å². The fraction of sp³-hybridized carbons (Fsp3) is 0.333. The third-order valence-corrected chi connectivity index (χ3v) is 6.83. The molecule has 2 fully saturated rings. The number of methoxy groups -OCH3 is 1. The monoisotopic (exact) mass is 453 g/mol. The first-order valence-corrected chi connectivity index (χ1v) is 12.1. The molecule has 0 radical (unpaired) electrons. The number of hydrogen-bond donors (Lipinski definition) is 1. The molecule has 0 aromatic heterocycles. The molecular formula is C24H27N3O2S2. The number of para-hydroxylation sites is 1. The van der Waals surface area contributed by atoms with Gasteiger partial charge in [-0.1, -0.05) is 31.2 Å². The van der Waals surface area contributed by atoms with E-state index in [1.807, 2.05) is 54.2 Å². The molecule has 0 unspecified atom stereocenters. The molecule has 2 aromatic carbocycles. The van der Waals surface area contributed by atoms with Crippen LogP contribution in [0.15, 0.2) is 48.2 Å². The molecule has 0 spiro atoms. The predicted molar refractivity (Wildman–Crippen MR) is 133 cm³/mol. The fourth-order valence-electron chi connectivity index (χ4n) is 3.96. The molecule has 2 aromatic rings. The van der Waals surface area contributed by atoms with Crippen LogP contribution in [0.1, 0.15) is 23.6 Å². The lowest BCUT2D eigenvalue weighted by Crippen LogP contribution is -2.32. The number of nitrogens with zero attached hydrogens (tertiary/aromatic N) is 2. The van der Waals surface area contributed by atoms with Crippen molar-refractivity contribution in [1.82, 2.24) is 10.2 Å². The van der Waals surface area contributed by atoms with Crippen LogP contribution in [-0.4, -0.2) is 47.6 Å². The average molecular weight is 454 g/mol. The lowest BCUT2D eigenvalue weighted by Gasteiger charge is -2.26. The second-order valence-electron chi connectivity index (χ2n) is 7.57. The van der Waals surface area contributed by atoms with E-state index < -0.39 is 0 Å². The van der Waals surface area contributed by atoms with Crippen molar-refractivity contribution < 1.29 is 9.53 Å². The third-order valence-electron chi connectivity index (χ3n) is 5.60. The highest BCUT2D eigenvalue weighted by molar-refractivity contribution is 7.99. The number of thiocarbonyl (C=S) groups is 1. The normalized spacial score (nSPS) is 18.5. The van der Waals surface area contributed by atoms with Gasteiger partial charge in [-0.2, -0.15) is 11.8 Å². The fourth-order valence-corrected chi connectivity index (χ4v) is 5.23. The van der Waals surface area contributed by atoms with Gasteiger partial charge in [0, 0.05) is 36.7 Å². The Balaban J connectivity index is 1.60. The van der Waals surface area contributed by atoms with Crippen LogP contribution >= 0.6 is 24.0 Å². The zero-order valence-corrected chi connectivity index (χ0v) is 19.5. The van der Waals surface area contributed by atoms with Crippen molar-refractivity contribution in [1.29, 1.82) is 0 Å². The number of thioether (sulfide) groups is 1. The first-order chi connectivity index (χ1) is 15.1. The predicted octanol–water partition coefficient (Wildman–Crippen LogP) is 4.07. The SMILES string of the molecule is CCc1ccccc1N1C(=O)/C(=C\c2ccc(OC)c(CN3CCSCC3)c2)NC1=S. The van der Waals surface area contributed by atoms with Gasteiger partial charge in [0.25, 0.3) is 5.91 Å². The molecule has 162 valence electrons. The topological polar surface area (TPSA) is 44.8 Å². The van der Waals surface area contributed by atoms with Crippen molar-refractivity contribution in [3.8, 4) is 5.75 Å². The van der Waals surface area contributed by atoms with E-state index in [-0.39, 0.29) is 5.91 Å². The summed E-state index contributed by atoms with van der Waals surface area (Å²) in [7, 11) is 1.70. The smallest absolute Gasteiger partial charge is 0.281 e. The van der Waals surface area contributed by atoms with E-state index in [1.165, 1.54) is 0 Å². The molecule has 5 nitrogen and oxygen atoms in total. The molecule has 4 rings (SSSR count). The Morgan fingerprint density at radius 1 is 1.16 bits per heavy atom. The first kappa shape index (κ1) is 21.9. The van der Waals surface area contributed by atoms with E-state index in [0.717, 1.165) is 65.7 Å². The number of carbonyl (C=O) groups excluding carboxylic acids is 1. The molecule has 2 aliphatic heterocycles. The summed E-state index contributed by atoms with van der Waals surface area (Å²) in [5, 5.41) is 3.52. The summed E-state index contributed by atoms with van der Waals surface area (Å²) in [5.74, 6) is 3.07. The van der Waals surface area contributed by atoms with Gasteiger partial charge in [-0.05, 0) is 54.0 Å². The summed E-state index contributed by atoms with van der Waals surface area (Å²) in [6.45, 7) is 5.08. The second kappa shape index (κ2) is 9.85. The second-order valence-corrected chi connectivity index (χ2v) is 9.18. The number of benzene rings is 2. The number of ether oxygens (including phenoxy) is 1. The quantitative estimate of drug-likeness (QED) is 0.526. The Labute approximate surface area is 193 Å².